The fourth-order valence-electron chi connectivity index (χ4n) is 2.95. The molecule has 0 aliphatic carbocycles. The molecule has 0 unspecified atom stereocenters. The Morgan fingerprint density at radius 3 is 2.77 bits per heavy atom. The molecule has 5 nitrogen and oxygen atoms in total. The van der Waals surface area contributed by atoms with Crippen molar-refractivity contribution in [1.82, 2.24) is 10.2 Å². The zero-order chi connectivity index (χ0) is 15.9. The topological polar surface area (TPSA) is 53.6 Å². The number of rotatable bonds is 5. The summed E-state index contributed by atoms with van der Waals surface area (Å²) in [5.41, 5.74) is 0.761. The van der Waals surface area contributed by atoms with Crippen LogP contribution in [0.5, 0.6) is 5.75 Å². The van der Waals surface area contributed by atoms with Crippen molar-refractivity contribution in [2.24, 2.45) is 5.92 Å². The summed E-state index contributed by atoms with van der Waals surface area (Å²) >= 11 is 0. The van der Waals surface area contributed by atoms with Crippen LogP contribution in [0.25, 0.3) is 0 Å². The number of piperidine rings is 1. The number of carbonyl (C=O) groups excluding carboxylic acids is 1. The maximum Gasteiger partial charge on any atom is 0.319 e. The molecule has 1 aromatic rings. The number of hydrogen-bond acceptors (Lipinski definition) is 3. The smallest absolute Gasteiger partial charge is 0.319 e. The second-order valence-electron chi connectivity index (χ2n) is 6.23. The number of urea groups is 1. The third-order valence-corrected chi connectivity index (χ3v) is 4.00. The Kier molecular flexibility index (Phi) is 6.07. The number of carbonyl (C=O) groups is 1. The number of benzene rings is 1. The molecule has 1 heterocycles. The molecule has 22 heavy (non-hydrogen) atoms. The largest absolute Gasteiger partial charge is 0.497 e. The molecule has 5 heteroatoms. The first-order valence-corrected chi connectivity index (χ1v) is 8.00. The van der Waals surface area contributed by atoms with Gasteiger partial charge in [-0.05, 0) is 56.5 Å². The summed E-state index contributed by atoms with van der Waals surface area (Å²) in [7, 11) is 1.62. The third kappa shape index (κ3) is 5.22. The molecule has 2 rings (SSSR count). The molecule has 1 saturated heterocycles. The molecule has 1 fully saturated rings. The summed E-state index contributed by atoms with van der Waals surface area (Å²) in [5.74, 6) is 1.53. The molecule has 2 atom stereocenters. The first-order valence-electron chi connectivity index (χ1n) is 8.00. The zero-order valence-electron chi connectivity index (χ0n) is 13.8. The maximum atomic E-state index is 12.0. The van der Waals surface area contributed by atoms with Crippen molar-refractivity contribution in [3.8, 4) is 5.75 Å². The summed E-state index contributed by atoms with van der Waals surface area (Å²) in [5, 5.41) is 5.84. The van der Waals surface area contributed by atoms with Crippen molar-refractivity contribution in [1.29, 1.82) is 0 Å². The van der Waals surface area contributed by atoms with Crippen LogP contribution in [0.4, 0.5) is 10.5 Å². The van der Waals surface area contributed by atoms with Crippen molar-refractivity contribution in [2.45, 2.75) is 32.7 Å². The standard InChI is InChI=1S/C17H27N3O2/c1-13-5-4-10-20(11-13)12-14(2)18-17(21)19-15-6-8-16(22-3)9-7-15/h6-9,13-14H,4-5,10-12H2,1-3H3,(H2,18,19,21)/t13-,14+/m1/s1. The summed E-state index contributed by atoms with van der Waals surface area (Å²) in [6, 6.07) is 7.28. The van der Waals surface area contributed by atoms with Crippen molar-refractivity contribution >= 4 is 11.7 Å². The quantitative estimate of drug-likeness (QED) is 0.879. The van der Waals surface area contributed by atoms with Gasteiger partial charge in [0.2, 0.25) is 0 Å². The molecule has 1 aromatic carbocycles. The molecule has 0 aromatic heterocycles. The van der Waals surface area contributed by atoms with E-state index in [1.54, 1.807) is 7.11 Å². The molecule has 1 aliphatic heterocycles. The van der Waals surface area contributed by atoms with Gasteiger partial charge in [-0.25, -0.2) is 4.79 Å². The number of nitrogens with one attached hydrogen (secondary N) is 2. The van der Waals surface area contributed by atoms with E-state index in [1.807, 2.05) is 31.2 Å². The number of likely N-dealkylation sites (tertiary alicyclic amines) is 1. The molecule has 0 saturated carbocycles. The van der Waals surface area contributed by atoms with Gasteiger partial charge >= 0.3 is 6.03 Å². The number of hydrogen-bond donors (Lipinski definition) is 2. The Bertz CT molecular complexity index is 475. The van der Waals surface area contributed by atoms with Gasteiger partial charge in [-0.2, -0.15) is 0 Å². The molecule has 0 bridgehead atoms. The van der Waals surface area contributed by atoms with Crippen LogP contribution in [0, 0.1) is 5.92 Å². The fourth-order valence-corrected chi connectivity index (χ4v) is 2.95. The number of nitrogens with zero attached hydrogens (tertiary/aromatic N) is 1. The first-order chi connectivity index (χ1) is 10.6. The molecule has 0 spiro atoms. The average Bonchev–Trinajstić information content (AvgIpc) is 2.47. The second kappa shape index (κ2) is 8.03. The number of methoxy groups -OCH3 is 1. The highest BCUT2D eigenvalue weighted by atomic mass is 16.5. The minimum atomic E-state index is -0.164. The van der Waals surface area contributed by atoms with Gasteiger partial charge in [0.15, 0.2) is 0 Å². The Labute approximate surface area is 133 Å². The molecule has 2 N–H and O–H groups in total. The van der Waals surface area contributed by atoms with Gasteiger partial charge in [0, 0.05) is 24.8 Å². The van der Waals surface area contributed by atoms with Crippen LogP contribution in [-0.2, 0) is 0 Å². The van der Waals surface area contributed by atoms with Crippen LogP contribution in [-0.4, -0.2) is 43.7 Å². The van der Waals surface area contributed by atoms with E-state index in [-0.39, 0.29) is 12.1 Å². The minimum Gasteiger partial charge on any atom is -0.497 e. The lowest BCUT2D eigenvalue weighted by atomic mass is 10.00. The first kappa shape index (κ1) is 16.6. The van der Waals surface area contributed by atoms with Gasteiger partial charge in [-0.1, -0.05) is 6.92 Å². The number of ether oxygens (including phenoxy) is 1. The molecule has 122 valence electrons. The predicted octanol–water partition coefficient (Wildman–Crippen LogP) is 2.94. The van der Waals surface area contributed by atoms with Crippen LogP contribution in [0.3, 0.4) is 0 Å². The highest BCUT2D eigenvalue weighted by molar-refractivity contribution is 5.89. The Morgan fingerprint density at radius 1 is 1.41 bits per heavy atom. The van der Waals surface area contributed by atoms with Crippen LogP contribution in [0.1, 0.15) is 26.7 Å². The zero-order valence-corrected chi connectivity index (χ0v) is 13.8. The summed E-state index contributed by atoms with van der Waals surface area (Å²) < 4.78 is 5.10. The van der Waals surface area contributed by atoms with Crippen LogP contribution in [0.15, 0.2) is 24.3 Å². The van der Waals surface area contributed by atoms with E-state index in [4.69, 9.17) is 4.74 Å². The minimum absolute atomic E-state index is 0.128. The van der Waals surface area contributed by atoms with E-state index >= 15 is 0 Å². The van der Waals surface area contributed by atoms with Crippen LogP contribution >= 0.6 is 0 Å². The highest BCUT2D eigenvalue weighted by Crippen LogP contribution is 2.16. The van der Waals surface area contributed by atoms with Gasteiger partial charge in [0.05, 0.1) is 7.11 Å². The van der Waals surface area contributed by atoms with Crippen molar-refractivity contribution < 1.29 is 9.53 Å². The number of anilines is 1. The van der Waals surface area contributed by atoms with Gasteiger partial charge < -0.3 is 20.3 Å². The van der Waals surface area contributed by atoms with Crippen LogP contribution < -0.4 is 15.4 Å². The maximum absolute atomic E-state index is 12.0. The highest BCUT2D eigenvalue weighted by Gasteiger charge is 2.18. The van der Waals surface area contributed by atoms with Gasteiger partial charge in [0.1, 0.15) is 5.75 Å². The summed E-state index contributed by atoms with van der Waals surface area (Å²) in [6.07, 6.45) is 2.57. The number of amides is 2. The van der Waals surface area contributed by atoms with Crippen molar-refractivity contribution in [2.75, 3.05) is 32.1 Å². The third-order valence-electron chi connectivity index (χ3n) is 4.00. The van der Waals surface area contributed by atoms with Crippen molar-refractivity contribution in [3.05, 3.63) is 24.3 Å². The van der Waals surface area contributed by atoms with E-state index in [0.29, 0.717) is 0 Å². The lowest BCUT2D eigenvalue weighted by molar-refractivity contribution is 0.170. The lowest BCUT2D eigenvalue weighted by Crippen LogP contribution is -2.46. The SMILES string of the molecule is COc1ccc(NC(=O)N[C@@H](C)CN2CCC[C@@H](C)C2)cc1. The molecular formula is C17H27N3O2. The molecule has 2 amide bonds. The van der Waals surface area contributed by atoms with Gasteiger partial charge in [-0.3, -0.25) is 0 Å². The Morgan fingerprint density at radius 2 is 2.14 bits per heavy atom. The Hall–Kier alpha value is -1.75. The fraction of sp³-hybridized carbons (Fsp3) is 0.588. The average molecular weight is 305 g/mol. The lowest BCUT2D eigenvalue weighted by Gasteiger charge is -2.32. The molecule has 0 radical (unpaired) electrons. The Balaban J connectivity index is 1.75. The van der Waals surface area contributed by atoms with E-state index in [2.05, 4.69) is 22.5 Å². The summed E-state index contributed by atoms with van der Waals surface area (Å²) in [6.45, 7) is 7.51. The van der Waals surface area contributed by atoms with E-state index in [0.717, 1.165) is 37.0 Å². The van der Waals surface area contributed by atoms with Crippen molar-refractivity contribution in [3.63, 3.8) is 0 Å². The van der Waals surface area contributed by atoms with Crippen LogP contribution in [0.2, 0.25) is 0 Å². The predicted molar refractivity (Wildman–Crippen MR) is 89.4 cm³/mol. The summed E-state index contributed by atoms with van der Waals surface area (Å²) in [4.78, 5) is 14.4. The van der Waals surface area contributed by atoms with E-state index in [9.17, 15) is 4.79 Å². The normalized spacial score (nSPS) is 20.2. The second-order valence-corrected chi connectivity index (χ2v) is 6.23. The van der Waals surface area contributed by atoms with E-state index < -0.39 is 0 Å². The molecular weight excluding hydrogens is 278 g/mol. The van der Waals surface area contributed by atoms with E-state index in [1.165, 1.54) is 12.8 Å². The monoisotopic (exact) mass is 305 g/mol. The van der Waals surface area contributed by atoms with Gasteiger partial charge in [0.25, 0.3) is 0 Å². The molecule has 1 aliphatic rings. The van der Waals surface area contributed by atoms with Gasteiger partial charge in [-0.15, -0.1) is 0 Å².